The Labute approximate surface area is 177 Å². The van der Waals surface area contributed by atoms with Crippen molar-refractivity contribution in [3.05, 3.63) is 57.5 Å². The minimum absolute atomic E-state index is 0.0209. The predicted molar refractivity (Wildman–Crippen MR) is 110 cm³/mol. The Morgan fingerprint density at radius 2 is 1.86 bits per heavy atom. The maximum atomic E-state index is 13.2. The van der Waals surface area contributed by atoms with E-state index in [4.69, 9.17) is 23.2 Å². The van der Waals surface area contributed by atoms with Gasteiger partial charge < -0.3 is 9.80 Å². The summed E-state index contributed by atoms with van der Waals surface area (Å²) in [6, 6.07) is 8.10. The van der Waals surface area contributed by atoms with E-state index in [-0.39, 0.29) is 24.3 Å². The third-order valence-electron chi connectivity index (χ3n) is 4.71. The molecule has 0 unspecified atom stereocenters. The van der Waals surface area contributed by atoms with Crippen molar-refractivity contribution in [2.24, 2.45) is 0 Å². The minimum atomic E-state index is -1.18. The van der Waals surface area contributed by atoms with Gasteiger partial charge in [-0.25, -0.2) is 4.39 Å². The van der Waals surface area contributed by atoms with Crippen molar-refractivity contribution < 1.29 is 14.0 Å². The van der Waals surface area contributed by atoms with Crippen LogP contribution in [-0.2, 0) is 22.7 Å². The SMILES string of the molecule is Cc1ccsc1CN(Cc1ccc(F)cc1)C(=O)CN(C(=O)C(Cl)Cl)C1CC1. The lowest BCUT2D eigenvalue weighted by atomic mass is 10.2. The molecule has 1 aliphatic carbocycles. The van der Waals surface area contributed by atoms with E-state index in [9.17, 15) is 14.0 Å². The van der Waals surface area contributed by atoms with Crippen molar-refractivity contribution >= 4 is 46.4 Å². The van der Waals surface area contributed by atoms with Gasteiger partial charge in [-0.1, -0.05) is 35.3 Å². The van der Waals surface area contributed by atoms with E-state index in [1.807, 2.05) is 18.4 Å². The fourth-order valence-electron chi connectivity index (χ4n) is 2.93. The van der Waals surface area contributed by atoms with Crippen LogP contribution >= 0.6 is 34.5 Å². The second-order valence-corrected chi connectivity index (χ2v) is 9.00. The molecule has 0 bridgehead atoms. The molecule has 1 aromatic carbocycles. The number of hydrogen-bond donors (Lipinski definition) is 0. The predicted octanol–water partition coefficient (Wildman–Crippen LogP) is 4.52. The topological polar surface area (TPSA) is 40.6 Å². The van der Waals surface area contributed by atoms with Crippen LogP contribution in [-0.4, -0.2) is 39.0 Å². The molecule has 1 aromatic heterocycles. The average molecular weight is 443 g/mol. The van der Waals surface area contributed by atoms with Crippen LogP contribution in [0.15, 0.2) is 35.7 Å². The van der Waals surface area contributed by atoms with Crippen LogP contribution in [0.1, 0.15) is 28.8 Å². The van der Waals surface area contributed by atoms with Crippen LogP contribution < -0.4 is 0 Å². The fraction of sp³-hybridized carbons (Fsp3) is 0.400. The molecule has 0 N–H and O–H groups in total. The van der Waals surface area contributed by atoms with E-state index in [1.54, 1.807) is 28.4 Å². The highest BCUT2D eigenvalue weighted by atomic mass is 35.5. The van der Waals surface area contributed by atoms with Crippen molar-refractivity contribution in [2.45, 2.75) is 43.7 Å². The summed E-state index contributed by atoms with van der Waals surface area (Å²) in [7, 11) is 0. The van der Waals surface area contributed by atoms with Crippen LogP contribution in [0.5, 0.6) is 0 Å². The van der Waals surface area contributed by atoms with Gasteiger partial charge in [0.15, 0.2) is 4.84 Å². The number of carbonyl (C=O) groups excluding carboxylic acids is 2. The zero-order valence-corrected chi connectivity index (χ0v) is 17.7. The number of thiophene rings is 1. The summed E-state index contributed by atoms with van der Waals surface area (Å²) in [5.41, 5.74) is 1.93. The third-order valence-corrected chi connectivity index (χ3v) is 6.09. The van der Waals surface area contributed by atoms with Crippen LogP contribution in [0.2, 0.25) is 0 Å². The molecule has 0 aliphatic heterocycles. The van der Waals surface area contributed by atoms with Crippen LogP contribution in [0.25, 0.3) is 0 Å². The largest absolute Gasteiger partial charge is 0.332 e. The molecule has 2 amide bonds. The maximum Gasteiger partial charge on any atom is 0.256 e. The van der Waals surface area contributed by atoms with Gasteiger partial charge in [0.25, 0.3) is 5.91 Å². The van der Waals surface area contributed by atoms with E-state index in [1.165, 1.54) is 17.0 Å². The molecular formula is C20H21Cl2FN2O2S. The number of alkyl halides is 2. The summed E-state index contributed by atoms with van der Waals surface area (Å²) in [5, 5.41) is 1.98. The summed E-state index contributed by atoms with van der Waals surface area (Å²) in [4.78, 5) is 28.5. The van der Waals surface area contributed by atoms with Gasteiger partial charge in [-0.2, -0.15) is 0 Å². The smallest absolute Gasteiger partial charge is 0.256 e. The number of amides is 2. The molecule has 0 atom stereocenters. The number of carbonyl (C=O) groups is 2. The Morgan fingerprint density at radius 3 is 2.39 bits per heavy atom. The van der Waals surface area contributed by atoms with Crippen molar-refractivity contribution in [1.82, 2.24) is 9.80 Å². The van der Waals surface area contributed by atoms with E-state index in [2.05, 4.69) is 0 Å². The van der Waals surface area contributed by atoms with Crippen molar-refractivity contribution in [3.63, 3.8) is 0 Å². The van der Waals surface area contributed by atoms with Crippen molar-refractivity contribution in [1.29, 1.82) is 0 Å². The number of halogens is 3. The highest BCUT2D eigenvalue weighted by Crippen LogP contribution is 2.29. The van der Waals surface area contributed by atoms with E-state index in [0.29, 0.717) is 13.1 Å². The Morgan fingerprint density at radius 1 is 1.18 bits per heavy atom. The van der Waals surface area contributed by atoms with Crippen LogP contribution in [0, 0.1) is 12.7 Å². The minimum Gasteiger partial charge on any atom is -0.332 e. The standard InChI is InChI=1S/C20H21Cl2FN2O2S/c1-13-8-9-28-17(13)11-24(10-14-2-4-15(23)5-3-14)18(26)12-25(16-6-7-16)20(27)19(21)22/h2-5,8-9,16,19H,6-7,10-12H2,1H3. The van der Waals surface area contributed by atoms with Crippen LogP contribution in [0.4, 0.5) is 4.39 Å². The molecular weight excluding hydrogens is 422 g/mol. The Kier molecular flexibility index (Phi) is 6.96. The maximum absolute atomic E-state index is 13.2. The second-order valence-electron chi connectivity index (χ2n) is 6.90. The monoisotopic (exact) mass is 442 g/mol. The first-order chi connectivity index (χ1) is 13.3. The molecule has 1 saturated carbocycles. The highest BCUT2D eigenvalue weighted by Gasteiger charge is 2.36. The van der Waals surface area contributed by atoms with Crippen LogP contribution in [0.3, 0.4) is 0 Å². The Bertz CT molecular complexity index is 837. The fourth-order valence-corrected chi connectivity index (χ4v) is 4.10. The van der Waals surface area contributed by atoms with Gasteiger partial charge >= 0.3 is 0 Å². The summed E-state index contributed by atoms with van der Waals surface area (Å²) in [6.45, 7) is 2.69. The number of rotatable bonds is 8. The van der Waals surface area contributed by atoms with Gasteiger partial charge in [-0.05, 0) is 54.5 Å². The highest BCUT2D eigenvalue weighted by molar-refractivity contribution is 7.10. The average Bonchev–Trinajstić information content (AvgIpc) is 3.43. The third kappa shape index (κ3) is 5.46. The molecule has 150 valence electrons. The molecule has 3 rings (SSSR count). The lowest BCUT2D eigenvalue weighted by Gasteiger charge is -2.28. The molecule has 0 radical (unpaired) electrons. The van der Waals surface area contributed by atoms with Gasteiger partial charge in [0.1, 0.15) is 12.4 Å². The number of benzene rings is 1. The lowest BCUT2D eigenvalue weighted by molar-refractivity contribution is -0.140. The first-order valence-corrected chi connectivity index (χ1v) is 10.7. The van der Waals surface area contributed by atoms with Crippen molar-refractivity contribution in [3.8, 4) is 0 Å². The molecule has 2 aromatic rings. The van der Waals surface area contributed by atoms with E-state index >= 15 is 0 Å². The first kappa shape index (κ1) is 21.1. The first-order valence-electron chi connectivity index (χ1n) is 8.99. The van der Waals surface area contributed by atoms with Gasteiger partial charge in [0.05, 0.1) is 6.54 Å². The molecule has 0 spiro atoms. The van der Waals surface area contributed by atoms with Gasteiger partial charge in [0, 0.05) is 17.5 Å². The zero-order valence-electron chi connectivity index (χ0n) is 15.4. The number of aryl methyl sites for hydroxylation is 1. The molecule has 1 heterocycles. The quantitative estimate of drug-likeness (QED) is 0.563. The zero-order chi connectivity index (χ0) is 20.3. The summed E-state index contributed by atoms with van der Waals surface area (Å²) >= 11 is 13.1. The molecule has 8 heteroatoms. The normalized spacial score (nSPS) is 13.6. The molecule has 4 nitrogen and oxygen atoms in total. The lowest BCUT2D eigenvalue weighted by Crippen LogP contribution is -2.45. The molecule has 1 aliphatic rings. The number of hydrogen-bond acceptors (Lipinski definition) is 3. The molecule has 0 saturated heterocycles. The summed E-state index contributed by atoms with van der Waals surface area (Å²) < 4.78 is 13.2. The van der Waals surface area contributed by atoms with E-state index in [0.717, 1.165) is 28.8 Å². The summed E-state index contributed by atoms with van der Waals surface area (Å²) in [5.74, 6) is -0.948. The second kappa shape index (κ2) is 9.25. The summed E-state index contributed by atoms with van der Waals surface area (Å²) in [6.07, 6.45) is 1.70. The Balaban J connectivity index is 1.78. The van der Waals surface area contributed by atoms with Gasteiger partial charge in [-0.15, -0.1) is 11.3 Å². The van der Waals surface area contributed by atoms with E-state index < -0.39 is 10.7 Å². The number of nitrogens with zero attached hydrogens (tertiary/aromatic N) is 2. The molecule has 1 fully saturated rings. The molecule has 28 heavy (non-hydrogen) atoms. The van der Waals surface area contributed by atoms with Crippen molar-refractivity contribution in [2.75, 3.05) is 6.54 Å². The van der Waals surface area contributed by atoms with Gasteiger partial charge in [0.2, 0.25) is 5.91 Å². The Hall–Kier alpha value is -1.63. The van der Waals surface area contributed by atoms with Gasteiger partial charge in [-0.3, -0.25) is 9.59 Å².